The van der Waals surface area contributed by atoms with Gasteiger partial charge < -0.3 is 15.2 Å². The van der Waals surface area contributed by atoms with Crippen LogP contribution in [0.5, 0.6) is 5.75 Å². The SMILES string of the molecule is CCOc1cccc(CNC(CO)CC(C)C)c1. The van der Waals surface area contributed by atoms with Crippen LogP contribution < -0.4 is 10.1 Å². The van der Waals surface area contributed by atoms with Crippen molar-refractivity contribution in [1.82, 2.24) is 5.32 Å². The van der Waals surface area contributed by atoms with Gasteiger partial charge in [0, 0.05) is 12.6 Å². The first-order valence-corrected chi connectivity index (χ1v) is 6.71. The molecule has 102 valence electrons. The molecule has 1 aromatic carbocycles. The van der Waals surface area contributed by atoms with Crippen molar-refractivity contribution in [3.05, 3.63) is 29.8 Å². The van der Waals surface area contributed by atoms with Crippen molar-refractivity contribution in [1.29, 1.82) is 0 Å². The summed E-state index contributed by atoms with van der Waals surface area (Å²) in [5, 5.41) is 12.7. The molecule has 0 heterocycles. The van der Waals surface area contributed by atoms with Gasteiger partial charge in [0.1, 0.15) is 5.75 Å². The summed E-state index contributed by atoms with van der Waals surface area (Å²) in [6.07, 6.45) is 0.988. The first-order valence-electron chi connectivity index (χ1n) is 6.71. The lowest BCUT2D eigenvalue weighted by Gasteiger charge is -2.18. The Balaban J connectivity index is 2.48. The van der Waals surface area contributed by atoms with Gasteiger partial charge in [-0.25, -0.2) is 0 Å². The summed E-state index contributed by atoms with van der Waals surface area (Å²) in [5.41, 5.74) is 1.18. The van der Waals surface area contributed by atoms with Crippen molar-refractivity contribution in [3.8, 4) is 5.75 Å². The van der Waals surface area contributed by atoms with Gasteiger partial charge in [0.25, 0.3) is 0 Å². The van der Waals surface area contributed by atoms with E-state index >= 15 is 0 Å². The van der Waals surface area contributed by atoms with E-state index in [1.165, 1.54) is 5.56 Å². The fourth-order valence-electron chi connectivity index (χ4n) is 1.97. The minimum absolute atomic E-state index is 0.167. The van der Waals surface area contributed by atoms with E-state index in [2.05, 4.69) is 25.2 Å². The van der Waals surface area contributed by atoms with Crippen molar-refractivity contribution < 1.29 is 9.84 Å². The number of hydrogen-bond acceptors (Lipinski definition) is 3. The molecule has 1 atom stereocenters. The maximum atomic E-state index is 9.30. The quantitative estimate of drug-likeness (QED) is 0.746. The lowest BCUT2D eigenvalue weighted by atomic mass is 10.0. The normalized spacial score (nSPS) is 12.7. The van der Waals surface area contributed by atoms with Gasteiger partial charge in [-0.05, 0) is 37.0 Å². The third kappa shape index (κ3) is 5.52. The highest BCUT2D eigenvalue weighted by Gasteiger charge is 2.09. The molecule has 0 aliphatic heterocycles. The molecule has 1 rings (SSSR count). The second-order valence-electron chi connectivity index (χ2n) is 4.97. The average Bonchev–Trinajstić information content (AvgIpc) is 2.35. The second kappa shape index (κ2) is 8.11. The topological polar surface area (TPSA) is 41.5 Å². The molecule has 0 aliphatic rings. The lowest BCUT2D eigenvalue weighted by Crippen LogP contribution is -2.33. The van der Waals surface area contributed by atoms with Crippen molar-refractivity contribution in [2.75, 3.05) is 13.2 Å². The van der Waals surface area contributed by atoms with Gasteiger partial charge in [-0.1, -0.05) is 26.0 Å². The highest BCUT2D eigenvalue weighted by molar-refractivity contribution is 5.28. The number of aliphatic hydroxyl groups is 1. The summed E-state index contributed by atoms with van der Waals surface area (Å²) in [6.45, 7) is 7.95. The molecule has 0 saturated carbocycles. The van der Waals surface area contributed by atoms with E-state index in [4.69, 9.17) is 4.74 Å². The van der Waals surface area contributed by atoms with E-state index in [1.54, 1.807) is 0 Å². The van der Waals surface area contributed by atoms with E-state index in [9.17, 15) is 5.11 Å². The van der Waals surface area contributed by atoms with Gasteiger partial charge in [0.05, 0.1) is 13.2 Å². The molecule has 0 radical (unpaired) electrons. The van der Waals surface area contributed by atoms with Crippen LogP contribution >= 0.6 is 0 Å². The third-order valence-corrected chi connectivity index (χ3v) is 2.78. The summed E-state index contributed by atoms with van der Waals surface area (Å²) in [6, 6.07) is 8.24. The minimum atomic E-state index is 0.167. The van der Waals surface area contributed by atoms with Crippen LogP contribution in [0.2, 0.25) is 0 Å². The predicted octanol–water partition coefficient (Wildman–Crippen LogP) is 2.58. The molecule has 0 bridgehead atoms. The minimum Gasteiger partial charge on any atom is -0.494 e. The molecule has 3 heteroatoms. The van der Waals surface area contributed by atoms with E-state index in [-0.39, 0.29) is 12.6 Å². The van der Waals surface area contributed by atoms with E-state index in [0.29, 0.717) is 12.5 Å². The second-order valence-corrected chi connectivity index (χ2v) is 4.97. The largest absolute Gasteiger partial charge is 0.494 e. The van der Waals surface area contributed by atoms with E-state index < -0.39 is 0 Å². The standard InChI is InChI=1S/C15H25NO2/c1-4-18-15-7-5-6-13(9-15)10-16-14(11-17)8-12(2)3/h5-7,9,12,14,16-17H,4,8,10-11H2,1-3H3. The van der Waals surface area contributed by atoms with Crippen LogP contribution in [0.1, 0.15) is 32.8 Å². The molecule has 18 heavy (non-hydrogen) atoms. The lowest BCUT2D eigenvalue weighted by molar-refractivity contribution is 0.223. The molecule has 2 N–H and O–H groups in total. The van der Waals surface area contributed by atoms with Crippen LogP contribution in [0.25, 0.3) is 0 Å². The molecule has 0 amide bonds. The predicted molar refractivity (Wildman–Crippen MR) is 74.8 cm³/mol. The fourth-order valence-corrected chi connectivity index (χ4v) is 1.97. The molecule has 1 aromatic rings. The summed E-state index contributed by atoms with van der Waals surface area (Å²) >= 11 is 0. The van der Waals surface area contributed by atoms with Crippen molar-refractivity contribution >= 4 is 0 Å². The first-order chi connectivity index (χ1) is 8.65. The molecule has 0 aliphatic carbocycles. The van der Waals surface area contributed by atoms with Gasteiger partial charge in [0.2, 0.25) is 0 Å². The number of rotatable bonds is 8. The van der Waals surface area contributed by atoms with Gasteiger partial charge in [-0.2, -0.15) is 0 Å². The zero-order valence-electron chi connectivity index (χ0n) is 11.6. The van der Waals surface area contributed by atoms with E-state index in [1.807, 2.05) is 25.1 Å². The molecular weight excluding hydrogens is 226 g/mol. The monoisotopic (exact) mass is 251 g/mol. The Bertz CT molecular complexity index is 339. The Hall–Kier alpha value is -1.06. The summed E-state index contributed by atoms with van der Waals surface area (Å²) in [4.78, 5) is 0. The van der Waals surface area contributed by atoms with Gasteiger partial charge in [0.15, 0.2) is 0 Å². The Morgan fingerprint density at radius 2 is 2.11 bits per heavy atom. The highest BCUT2D eigenvalue weighted by Crippen LogP contribution is 2.13. The smallest absolute Gasteiger partial charge is 0.119 e. The fraction of sp³-hybridized carbons (Fsp3) is 0.600. The Kier molecular flexibility index (Phi) is 6.76. The first kappa shape index (κ1) is 15.0. The van der Waals surface area contributed by atoms with Crippen molar-refractivity contribution in [2.45, 2.75) is 39.8 Å². The Morgan fingerprint density at radius 1 is 1.33 bits per heavy atom. The van der Waals surface area contributed by atoms with Crippen molar-refractivity contribution in [3.63, 3.8) is 0 Å². The number of hydrogen-bond donors (Lipinski definition) is 2. The molecule has 0 saturated heterocycles. The third-order valence-electron chi connectivity index (χ3n) is 2.78. The Labute approximate surface area is 110 Å². The van der Waals surface area contributed by atoms with Crippen LogP contribution in [0.3, 0.4) is 0 Å². The molecule has 0 fully saturated rings. The zero-order chi connectivity index (χ0) is 13.4. The maximum Gasteiger partial charge on any atom is 0.119 e. The van der Waals surface area contributed by atoms with Gasteiger partial charge in [-0.15, -0.1) is 0 Å². The van der Waals surface area contributed by atoms with Crippen LogP contribution in [0.4, 0.5) is 0 Å². The van der Waals surface area contributed by atoms with Gasteiger partial charge in [-0.3, -0.25) is 0 Å². The van der Waals surface area contributed by atoms with Crippen LogP contribution in [-0.4, -0.2) is 24.4 Å². The summed E-state index contributed by atoms with van der Waals surface area (Å²) in [7, 11) is 0. The highest BCUT2D eigenvalue weighted by atomic mass is 16.5. The van der Waals surface area contributed by atoms with Crippen LogP contribution in [0, 0.1) is 5.92 Å². The van der Waals surface area contributed by atoms with Gasteiger partial charge >= 0.3 is 0 Å². The number of nitrogens with one attached hydrogen (secondary N) is 1. The summed E-state index contributed by atoms with van der Waals surface area (Å²) < 4.78 is 5.47. The molecule has 3 nitrogen and oxygen atoms in total. The molecule has 1 unspecified atom stereocenters. The zero-order valence-corrected chi connectivity index (χ0v) is 11.6. The van der Waals surface area contributed by atoms with Crippen LogP contribution in [0.15, 0.2) is 24.3 Å². The van der Waals surface area contributed by atoms with Crippen LogP contribution in [-0.2, 0) is 6.54 Å². The number of benzene rings is 1. The number of ether oxygens (including phenoxy) is 1. The molecular formula is C15H25NO2. The van der Waals surface area contributed by atoms with Crippen molar-refractivity contribution in [2.24, 2.45) is 5.92 Å². The molecule has 0 aromatic heterocycles. The molecule has 0 spiro atoms. The average molecular weight is 251 g/mol. The summed E-state index contributed by atoms with van der Waals surface area (Å²) in [5.74, 6) is 1.49. The maximum absolute atomic E-state index is 9.30. The Morgan fingerprint density at radius 3 is 2.72 bits per heavy atom. The van der Waals surface area contributed by atoms with E-state index in [0.717, 1.165) is 18.7 Å². The number of aliphatic hydroxyl groups excluding tert-OH is 1.